The average molecular weight is 275 g/mol. The maximum Gasteiger partial charge on any atom is 0.101 e. The lowest BCUT2D eigenvalue weighted by Gasteiger charge is -2.53. The summed E-state index contributed by atoms with van der Waals surface area (Å²) < 4.78 is 10.8. The normalized spacial score (nSPS) is 24.8. The number of rotatable bonds is 5. The summed E-state index contributed by atoms with van der Waals surface area (Å²) in [5.74, 6) is 0. The summed E-state index contributed by atoms with van der Waals surface area (Å²) in [7, 11) is 3.76. The van der Waals surface area contributed by atoms with Crippen molar-refractivity contribution in [1.29, 1.82) is 0 Å². The third-order valence-corrected chi connectivity index (χ3v) is 4.15. The lowest BCUT2D eigenvalue weighted by Crippen LogP contribution is -2.60. The zero-order valence-electron chi connectivity index (χ0n) is 12.7. The molecule has 1 fully saturated rings. The van der Waals surface area contributed by atoms with Gasteiger partial charge in [-0.1, -0.05) is 7.43 Å². The fourth-order valence-electron chi connectivity index (χ4n) is 2.89. The summed E-state index contributed by atoms with van der Waals surface area (Å²) in [6.45, 7) is 9.67. The highest BCUT2D eigenvalue weighted by Crippen LogP contribution is 2.37. The molecule has 0 aromatic carbocycles. The number of ether oxygens (including phenoxy) is 2. The maximum atomic E-state index is 9.63. The van der Waals surface area contributed by atoms with Gasteiger partial charge in [-0.25, -0.2) is 0 Å². The first kappa shape index (κ1) is 18.8. The van der Waals surface area contributed by atoms with Gasteiger partial charge in [-0.2, -0.15) is 0 Å². The Kier molecular flexibility index (Phi) is 6.96. The molecule has 0 radical (unpaired) electrons. The molecule has 0 aromatic rings. The molecule has 1 aliphatic heterocycles. The molecule has 1 aliphatic rings. The van der Waals surface area contributed by atoms with Gasteiger partial charge in [0.25, 0.3) is 0 Å². The largest absolute Gasteiger partial charge is 0.388 e. The zero-order chi connectivity index (χ0) is 14.0. The molecular weight excluding hydrogens is 242 g/mol. The molecule has 1 N–H and O–H groups in total. The molecule has 116 valence electrons. The summed E-state index contributed by atoms with van der Waals surface area (Å²) in [4.78, 5) is 2.42. The van der Waals surface area contributed by atoms with Crippen molar-refractivity contribution in [3.8, 4) is 0 Å². The molecule has 0 bridgehead atoms. The van der Waals surface area contributed by atoms with Gasteiger partial charge in [0.15, 0.2) is 0 Å². The second-order valence-electron chi connectivity index (χ2n) is 6.66. The van der Waals surface area contributed by atoms with Crippen molar-refractivity contribution in [3.05, 3.63) is 0 Å². The minimum absolute atomic E-state index is 0. The van der Waals surface area contributed by atoms with Crippen LogP contribution >= 0.6 is 0 Å². The van der Waals surface area contributed by atoms with Crippen LogP contribution in [0.4, 0.5) is 0 Å². The van der Waals surface area contributed by atoms with Gasteiger partial charge in [0, 0.05) is 18.2 Å². The van der Waals surface area contributed by atoms with Crippen molar-refractivity contribution < 1.29 is 14.6 Å². The van der Waals surface area contributed by atoms with E-state index in [1.54, 1.807) is 7.11 Å². The van der Waals surface area contributed by atoms with E-state index in [9.17, 15) is 5.11 Å². The van der Waals surface area contributed by atoms with Gasteiger partial charge in [0.2, 0.25) is 0 Å². The number of piperidine rings is 1. The van der Waals surface area contributed by atoms with Crippen LogP contribution in [0.5, 0.6) is 0 Å². The molecule has 0 spiro atoms. The third-order valence-electron chi connectivity index (χ3n) is 4.15. The summed E-state index contributed by atoms with van der Waals surface area (Å²) in [6, 6.07) is 0. The zero-order valence-corrected chi connectivity index (χ0v) is 12.7. The molecule has 0 aliphatic carbocycles. The molecule has 0 amide bonds. The second-order valence-corrected chi connectivity index (χ2v) is 6.66. The molecule has 0 aromatic heterocycles. The second kappa shape index (κ2) is 7.02. The van der Waals surface area contributed by atoms with Crippen LogP contribution in [0.3, 0.4) is 0 Å². The number of hydrogen-bond acceptors (Lipinski definition) is 4. The molecule has 0 saturated carbocycles. The van der Waals surface area contributed by atoms with Gasteiger partial charge >= 0.3 is 0 Å². The SMILES string of the molecule is C.COCC(O)COC1CC(C)(C)N(C)C(C)(C)C1. The van der Waals surface area contributed by atoms with Crippen LogP contribution < -0.4 is 0 Å². The van der Waals surface area contributed by atoms with Crippen LogP contribution in [-0.2, 0) is 9.47 Å². The Morgan fingerprint density at radius 2 is 1.63 bits per heavy atom. The molecule has 1 atom stereocenters. The van der Waals surface area contributed by atoms with Crippen LogP contribution in [0.15, 0.2) is 0 Å². The number of aliphatic hydroxyl groups is 1. The van der Waals surface area contributed by atoms with Crippen LogP contribution in [0.25, 0.3) is 0 Å². The molecule has 1 rings (SSSR count). The summed E-state index contributed by atoms with van der Waals surface area (Å²) in [5.41, 5.74) is 0.247. The minimum atomic E-state index is -0.527. The van der Waals surface area contributed by atoms with Crippen molar-refractivity contribution in [2.75, 3.05) is 27.4 Å². The molecule has 1 unspecified atom stereocenters. The molecule has 1 saturated heterocycles. The van der Waals surface area contributed by atoms with Gasteiger partial charge in [-0.15, -0.1) is 0 Å². The van der Waals surface area contributed by atoms with E-state index in [0.717, 1.165) is 12.8 Å². The lowest BCUT2D eigenvalue weighted by molar-refractivity contribution is -0.111. The number of methoxy groups -OCH3 is 1. The number of aliphatic hydroxyl groups excluding tert-OH is 1. The Bertz CT molecular complexity index is 248. The summed E-state index contributed by atoms with van der Waals surface area (Å²) >= 11 is 0. The van der Waals surface area contributed by atoms with E-state index in [-0.39, 0.29) is 24.6 Å². The standard InChI is InChI=1S/C14H29NO3.CH4/c1-13(2)7-12(8-14(3,4)15(13)5)18-10-11(16)9-17-6;/h11-12,16H,7-10H2,1-6H3;1H4. The van der Waals surface area contributed by atoms with E-state index in [2.05, 4.69) is 39.6 Å². The van der Waals surface area contributed by atoms with Gasteiger partial charge in [0.1, 0.15) is 6.10 Å². The molecule has 4 heteroatoms. The Hall–Kier alpha value is -0.160. The third kappa shape index (κ3) is 5.03. The summed E-state index contributed by atoms with van der Waals surface area (Å²) in [5, 5.41) is 9.63. The maximum absolute atomic E-state index is 9.63. The van der Waals surface area contributed by atoms with Crippen LogP contribution in [0.2, 0.25) is 0 Å². The monoisotopic (exact) mass is 275 g/mol. The fourth-order valence-corrected chi connectivity index (χ4v) is 2.89. The first-order valence-corrected chi connectivity index (χ1v) is 6.71. The first-order chi connectivity index (χ1) is 8.19. The van der Waals surface area contributed by atoms with Crippen LogP contribution in [0.1, 0.15) is 48.0 Å². The van der Waals surface area contributed by atoms with E-state index in [1.807, 2.05) is 0 Å². The molecular formula is C15H33NO3. The van der Waals surface area contributed by atoms with E-state index in [0.29, 0.717) is 13.2 Å². The Balaban J connectivity index is 0.00000324. The van der Waals surface area contributed by atoms with Crippen molar-refractivity contribution in [2.24, 2.45) is 0 Å². The van der Waals surface area contributed by atoms with Gasteiger partial charge < -0.3 is 14.6 Å². The van der Waals surface area contributed by atoms with Crippen molar-refractivity contribution in [3.63, 3.8) is 0 Å². The number of likely N-dealkylation sites (tertiary alicyclic amines) is 1. The fraction of sp³-hybridized carbons (Fsp3) is 1.00. The summed E-state index contributed by atoms with van der Waals surface area (Å²) in [6.07, 6.45) is 1.66. The number of nitrogens with zero attached hydrogens (tertiary/aromatic N) is 1. The van der Waals surface area contributed by atoms with Crippen molar-refractivity contribution in [2.45, 2.75) is 71.2 Å². The van der Waals surface area contributed by atoms with E-state index in [1.165, 1.54) is 0 Å². The van der Waals surface area contributed by atoms with Crippen molar-refractivity contribution in [1.82, 2.24) is 4.90 Å². The Morgan fingerprint density at radius 3 is 2.05 bits per heavy atom. The molecule has 4 nitrogen and oxygen atoms in total. The van der Waals surface area contributed by atoms with E-state index in [4.69, 9.17) is 9.47 Å². The Labute approximate surface area is 119 Å². The van der Waals surface area contributed by atoms with Gasteiger partial charge in [-0.05, 0) is 47.6 Å². The van der Waals surface area contributed by atoms with Gasteiger partial charge in [0.05, 0.1) is 19.3 Å². The predicted octanol–water partition coefficient (Wildman–Crippen LogP) is 2.30. The van der Waals surface area contributed by atoms with Crippen LogP contribution in [0, 0.1) is 0 Å². The smallest absolute Gasteiger partial charge is 0.101 e. The van der Waals surface area contributed by atoms with Gasteiger partial charge in [-0.3, -0.25) is 4.90 Å². The van der Waals surface area contributed by atoms with Crippen molar-refractivity contribution >= 4 is 0 Å². The Morgan fingerprint density at radius 1 is 1.16 bits per heavy atom. The molecule has 1 heterocycles. The van der Waals surface area contributed by atoms with Crippen LogP contribution in [-0.4, -0.2) is 60.7 Å². The quantitative estimate of drug-likeness (QED) is 0.836. The van der Waals surface area contributed by atoms with E-state index < -0.39 is 6.10 Å². The van der Waals surface area contributed by atoms with E-state index >= 15 is 0 Å². The minimum Gasteiger partial charge on any atom is -0.388 e. The molecule has 19 heavy (non-hydrogen) atoms. The lowest BCUT2D eigenvalue weighted by atomic mass is 9.79. The number of hydrogen-bond donors (Lipinski definition) is 1. The highest BCUT2D eigenvalue weighted by Gasteiger charge is 2.43. The highest BCUT2D eigenvalue weighted by atomic mass is 16.5. The highest BCUT2D eigenvalue weighted by molar-refractivity contribution is 4.98. The first-order valence-electron chi connectivity index (χ1n) is 6.71. The predicted molar refractivity (Wildman–Crippen MR) is 79.5 cm³/mol. The topological polar surface area (TPSA) is 41.9 Å². The average Bonchev–Trinajstić information content (AvgIpc) is 2.23.